The lowest BCUT2D eigenvalue weighted by Gasteiger charge is -2.08. The highest BCUT2D eigenvalue weighted by Gasteiger charge is 2.18. The molecule has 28 heavy (non-hydrogen) atoms. The van der Waals surface area contributed by atoms with E-state index in [-0.39, 0.29) is 11.6 Å². The van der Waals surface area contributed by atoms with Crippen LogP contribution in [0.2, 0.25) is 0 Å². The fourth-order valence-electron chi connectivity index (χ4n) is 2.69. The average molecular weight is 380 g/mol. The second-order valence-corrected chi connectivity index (χ2v) is 6.08. The summed E-state index contributed by atoms with van der Waals surface area (Å²) in [7, 11) is 1.58. The molecule has 3 rings (SSSR count). The maximum Gasteiger partial charge on any atom is 0.270 e. The van der Waals surface area contributed by atoms with Crippen molar-refractivity contribution in [2.24, 2.45) is 0 Å². The Morgan fingerprint density at radius 2 is 1.86 bits per heavy atom. The minimum Gasteiger partial charge on any atom is -0.497 e. The summed E-state index contributed by atoms with van der Waals surface area (Å²) in [5, 5.41) is 18.3. The van der Waals surface area contributed by atoms with Gasteiger partial charge in [0.15, 0.2) is 0 Å². The minimum atomic E-state index is -0.455. The Morgan fingerprint density at radius 1 is 1.18 bits per heavy atom. The summed E-state index contributed by atoms with van der Waals surface area (Å²) in [6.07, 6.45) is 0.817. The molecule has 3 aromatic rings. The van der Waals surface area contributed by atoms with E-state index in [2.05, 4.69) is 10.4 Å². The molecule has 0 aliphatic rings. The highest BCUT2D eigenvalue weighted by molar-refractivity contribution is 5.94. The van der Waals surface area contributed by atoms with Crippen LogP contribution in [0.25, 0.3) is 16.9 Å². The maximum atomic E-state index is 12.6. The average Bonchev–Trinajstić information content (AvgIpc) is 3.17. The van der Waals surface area contributed by atoms with Gasteiger partial charge in [-0.05, 0) is 48.9 Å². The topological polar surface area (TPSA) is 99.3 Å². The number of carbonyl (C=O) groups is 1. The zero-order valence-electron chi connectivity index (χ0n) is 15.6. The predicted octanol–water partition coefficient (Wildman–Crippen LogP) is 3.60. The number of nitro benzene ring substituents is 1. The summed E-state index contributed by atoms with van der Waals surface area (Å²) in [5.41, 5.74) is 2.32. The van der Waals surface area contributed by atoms with Crippen LogP contribution in [-0.2, 0) is 0 Å². The predicted molar refractivity (Wildman–Crippen MR) is 105 cm³/mol. The molecule has 1 amide bonds. The molecule has 0 spiro atoms. The Hall–Kier alpha value is -3.68. The van der Waals surface area contributed by atoms with Crippen LogP contribution in [0, 0.1) is 10.1 Å². The third kappa shape index (κ3) is 4.01. The van der Waals surface area contributed by atoms with E-state index in [0.29, 0.717) is 34.9 Å². The number of nitrogens with one attached hydrogen (secondary N) is 1. The molecule has 1 heterocycles. The molecular formula is C20H20N4O4. The van der Waals surface area contributed by atoms with Crippen molar-refractivity contribution >= 4 is 11.6 Å². The molecule has 2 aromatic carbocycles. The fraction of sp³-hybridized carbons (Fsp3) is 0.200. The molecule has 1 aromatic heterocycles. The molecule has 0 bridgehead atoms. The summed E-state index contributed by atoms with van der Waals surface area (Å²) in [4.78, 5) is 23.0. The number of nitro groups is 1. The molecule has 0 radical (unpaired) electrons. The van der Waals surface area contributed by atoms with Gasteiger partial charge in [0.2, 0.25) is 0 Å². The van der Waals surface area contributed by atoms with Crippen molar-refractivity contribution in [1.29, 1.82) is 0 Å². The molecule has 8 nitrogen and oxygen atoms in total. The molecule has 0 fully saturated rings. The summed E-state index contributed by atoms with van der Waals surface area (Å²) in [5.74, 6) is 0.460. The number of ether oxygens (including phenoxy) is 1. The number of hydrogen-bond donors (Lipinski definition) is 1. The van der Waals surface area contributed by atoms with Crippen molar-refractivity contribution in [3.8, 4) is 22.7 Å². The summed E-state index contributed by atoms with van der Waals surface area (Å²) >= 11 is 0. The van der Waals surface area contributed by atoms with E-state index in [1.165, 1.54) is 12.1 Å². The maximum absolute atomic E-state index is 12.6. The smallest absolute Gasteiger partial charge is 0.270 e. The van der Waals surface area contributed by atoms with Gasteiger partial charge in [-0.25, -0.2) is 4.68 Å². The Labute approximate surface area is 161 Å². The SMILES string of the molecule is CCCNC(=O)c1cc(-c2ccc([N+](=O)[O-])cc2)nn1-c1ccc(OC)cc1. The number of rotatable bonds is 7. The highest BCUT2D eigenvalue weighted by atomic mass is 16.6. The Morgan fingerprint density at radius 3 is 2.43 bits per heavy atom. The number of amides is 1. The lowest BCUT2D eigenvalue weighted by atomic mass is 10.1. The lowest BCUT2D eigenvalue weighted by Crippen LogP contribution is -2.26. The molecule has 8 heteroatoms. The first-order valence-electron chi connectivity index (χ1n) is 8.81. The second-order valence-electron chi connectivity index (χ2n) is 6.08. The third-order valence-electron chi connectivity index (χ3n) is 4.17. The largest absolute Gasteiger partial charge is 0.497 e. The summed E-state index contributed by atoms with van der Waals surface area (Å²) in [6.45, 7) is 2.53. The van der Waals surface area contributed by atoms with Gasteiger partial charge in [0.05, 0.1) is 23.4 Å². The quantitative estimate of drug-likeness (QED) is 0.499. The summed E-state index contributed by atoms with van der Waals surface area (Å²) in [6, 6.07) is 14.9. The Balaban J connectivity index is 2.03. The van der Waals surface area contributed by atoms with Gasteiger partial charge in [0, 0.05) is 24.2 Å². The second kappa shape index (κ2) is 8.34. The number of nitrogens with zero attached hydrogens (tertiary/aromatic N) is 3. The van der Waals surface area contributed by atoms with E-state index >= 15 is 0 Å². The van der Waals surface area contributed by atoms with E-state index in [1.807, 2.05) is 19.1 Å². The molecular weight excluding hydrogens is 360 g/mol. The molecule has 0 aliphatic heterocycles. The number of carbonyl (C=O) groups excluding carboxylic acids is 1. The number of hydrogen-bond acceptors (Lipinski definition) is 5. The first-order chi connectivity index (χ1) is 13.5. The van der Waals surface area contributed by atoms with Gasteiger partial charge in [-0.3, -0.25) is 14.9 Å². The van der Waals surface area contributed by atoms with Gasteiger partial charge in [-0.2, -0.15) is 5.10 Å². The van der Waals surface area contributed by atoms with Crippen LogP contribution in [0.15, 0.2) is 54.6 Å². The molecule has 1 N–H and O–H groups in total. The van der Waals surface area contributed by atoms with Crippen LogP contribution >= 0.6 is 0 Å². The van der Waals surface area contributed by atoms with Crippen LogP contribution in [0.5, 0.6) is 5.75 Å². The molecule has 0 atom stereocenters. The van der Waals surface area contributed by atoms with Gasteiger partial charge < -0.3 is 10.1 Å². The van der Waals surface area contributed by atoms with Crippen molar-refractivity contribution < 1.29 is 14.5 Å². The first kappa shape index (κ1) is 19.1. The number of benzene rings is 2. The van der Waals surface area contributed by atoms with Gasteiger partial charge >= 0.3 is 0 Å². The normalized spacial score (nSPS) is 10.5. The van der Waals surface area contributed by atoms with Crippen molar-refractivity contribution in [1.82, 2.24) is 15.1 Å². The zero-order chi connectivity index (χ0) is 20.1. The van der Waals surface area contributed by atoms with Crippen molar-refractivity contribution in [2.45, 2.75) is 13.3 Å². The van der Waals surface area contributed by atoms with Crippen molar-refractivity contribution in [2.75, 3.05) is 13.7 Å². The summed E-state index contributed by atoms with van der Waals surface area (Å²) < 4.78 is 6.73. The number of aromatic nitrogens is 2. The standard InChI is InChI=1S/C20H20N4O4/c1-3-12-21-20(25)19-13-18(14-4-6-16(7-5-14)24(26)27)22-23(19)15-8-10-17(28-2)11-9-15/h4-11,13H,3,12H2,1-2H3,(H,21,25). The molecule has 0 saturated heterocycles. The van der Waals surface area contributed by atoms with Crippen molar-refractivity contribution in [3.05, 3.63) is 70.4 Å². The van der Waals surface area contributed by atoms with Crippen LogP contribution in [-0.4, -0.2) is 34.3 Å². The molecule has 0 saturated carbocycles. The highest BCUT2D eigenvalue weighted by Crippen LogP contribution is 2.25. The monoisotopic (exact) mass is 380 g/mol. The molecule has 0 unspecified atom stereocenters. The Kier molecular flexibility index (Phi) is 5.69. The third-order valence-corrected chi connectivity index (χ3v) is 4.17. The van der Waals surface area contributed by atoms with Gasteiger partial charge in [0.25, 0.3) is 11.6 Å². The van der Waals surface area contributed by atoms with Gasteiger partial charge in [0.1, 0.15) is 11.4 Å². The van der Waals surface area contributed by atoms with Gasteiger partial charge in [-0.1, -0.05) is 6.92 Å². The Bertz CT molecular complexity index is 978. The van der Waals surface area contributed by atoms with E-state index in [1.54, 1.807) is 42.1 Å². The van der Waals surface area contributed by atoms with E-state index in [9.17, 15) is 14.9 Å². The van der Waals surface area contributed by atoms with Crippen LogP contribution < -0.4 is 10.1 Å². The molecule has 0 aliphatic carbocycles. The molecule has 144 valence electrons. The van der Waals surface area contributed by atoms with E-state index in [4.69, 9.17) is 4.74 Å². The minimum absolute atomic E-state index is 0.000695. The van der Waals surface area contributed by atoms with E-state index < -0.39 is 4.92 Å². The van der Waals surface area contributed by atoms with E-state index in [0.717, 1.165) is 6.42 Å². The number of methoxy groups -OCH3 is 1. The first-order valence-corrected chi connectivity index (χ1v) is 8.81. The lowest BCUT2D eigenvalue weighted by molar-refractivity contribution is -0.384. The van der Waals surface area contributed by atoms with Gasteiger partial charge in [-0.15, -0.1) is 0 Å². The van der Waals surface area contributed by atoms with Crippen LogP contribution in [0.1, 0.15) is 23.8 Å². The number of non-ortho nitro benzene ring substituents is 1. The fourth-order valence-corrected chi connectivity index (χ4v) is 2.69. The zero-order valence-corrected chi connectivity index (χ0v) is 15.6. The van der Waals surface area contributed by atoms with Crippen LogP contribution in [0.4, 0.5) is 5.69 Å². The van der Waals surface area contributed by atoms with Crippen molar-refractivity contribution in [3.63, 3.8) is 0 Å². The van der Waals surface area contributed by atoms with Crippen LogP contribution in [0.3, 0.4) is 0 Å².